The Balaban J connectivity index is 2.07. The van der Waals surface area contributed by atoms with Crippen LogP contribution >= 0.6 is 0 Å². The number of anilines is 1. The Morgan fingerprint density at radius 2 is 1.57 bits per heavy atom. The first-order valence-electron chi connectivity index (χ1n) is 8.11. The maximum absolute atomic E-state index is 3.68. The number of benzene rings is 2. The van der Waals surface area contributed by atoms with Crippen LogP contribution in [0.25, 0.3) is 0 Å². The van der Waals surface area contributed by atoms with Gasteiger partial charge in [-0.2, -0.15) is 0 Å². The van der Waals surface area contributed by atoms with Gasteiger partial charge in [0, 0.05) is 5.69 Å². The van der Waals surface area contributed by atoms with Gasteiger partial charge < -0.3 is 5.32 Å². The van der Waals surface area contributed by atoms with E-state index in [1.807, 2.05) is 0 Å². The van der Waals surface area contributed by atoms with Crippen LogP contribution in [-0.2, 0) is 6.42 Å². The second-order valence-electron chi connectivity index (χ2n) is 6.08. The minimum atomic E-state index is 0.354. The molecule has 0 saturated heterocycles. The number of nitrogens with one attached hydrogen (secondary N) is 1. The molecular formula is C20H27N. The van der Waals surface area contributed by atoms with Crippen molar-refractivity contribution in [1.82, 2.24) is 0 Å². The fourth-order valence-corrected chi connectivity index (χ4v) is 2.62. The Labute approximate surface area is 129 Å². The highest BCUT2D eigenvalue weighted by molar-refractivity contribution is 5.47. The van der Waals surface area contributed by atoms with E-state index in [0.717, 1.165) is 0 Å². The van der Waals surface area contributed by atoms with E-state index >= 15 is 0 Å². The van der Waals surface area contributed by atoms with E-state index in [0.29, 0.717) is 12.0 Å². The minimum absolute atomic E-state index is 0.354. The van der Waals surface area contributed by atoms with Crippen LogP contribution in [0.4, 0.5) is 5.69 Å². The second-order valence-corrected chi connectivity index (χ2v) is 6.08. The third-order valence-corrected chi connectivity index (χ3v) is 3.92. The van der Waals surface area contributed by atoms with Crippen molar-refractivity contribution in [2.24, 2.45) is 5.92 Å². The molecule has 112 valence electrons. The minimum Gasteiger partial charge on any atom is -0.378 e. The van der Waals surface area contributed by atoms with Crippen LogP contribution in [-0.4, -0.2) is 0 Å². The standard InChI is InChI=1S/C20H27N/c1-4-5-9-17-12-14-19(15-13-17)21-20(16(2)3)18-10-7-6-8-11-18/h6-8,10-16,20-21H,4-5,9H2,1-3H3. The number of rotatable bonds is 7. The van der Waals surface area contributed by atoms with Gasteiger partial charge in [-0.1, -0.05) is 69.7 Å². The Bertz CT molecular complexity index is 513. The van der Waals surface area contributed by atoms with Gasteiger partial charge in [0.15, 0.2) is 0 Å². The number of hydrogen-bond acceptors (Lipinski definition) is 1. The van der Waals surface area contributed by atoms with Crippen LogP contribution in [0.3, 0.4) is 0 Å². The molecule has 1 atom stereocenters. The molecule has 0 heterocycles. The molecular weight excluding hydrogens is 254 g/mol. The van der Waals surface area contributed by atoms with E-state index < -0.39 is 0 Å². The number of aryl methyl sites for hydroxylation is 1. The average Bonchev–Trinajstić information content (AvgIpc) is 2.52. The largest absolute Gasteiger partial charge is 0.378 e. The van der Waals surface area contributed by atoms with Crippen LogP contribution in [0, 0.1) is 5.92 Å². The summed E-state index contributed by atoms with van der Waals surface area (Å²) in [6.07, 6.45) is 3.71. The lowest BCUT2D eigenvalue weighted by Crippen LogP contribution is -2.16. The number of unbranched alkanes of at least 4 members (excludes halogenated alkanes) is 1. The van der Waals surface area contributed by atoms with E-state index in [2.05, 4.69) is 80.7 Å². The van der Waals surface area contributed by atoms with Crippen molar-refractivity contribution in [3.63, 3.8) is 0 Å². The van der Waals surface area contributed by atoms with E-state index in [1.54, 1.807) is 0 Å². The molecule has 0 amide bonds. The van der Waals surface area contributed by atoms with Gasteiger partial charge in [-0.15, -0.1) is 0 Å². The summed E-state index contributed by atoms with van der Waals surface area (Å²) < 4.78 is 0. The highest BCUT2D eigenvalue weighted by Gasteiger charge is 2.15. The Kier molecular flexibility index (Phi) is 5.86. The molecule has 1 heteroatoms. The lowest BCUT2D eigenvalue weighted by molar-refractivity contribution is 0.546. The molecule has 21 heavy (non-hydrogen) atoms. The molecule has 0 radical (unpaired) electrons. The van der Waals surface area contributed by atoms with Crippen LogP contribution in [0.2, 0.25) is 0 Å². The quantitative estimate of drug-likeness (QED) is 0.672. The normalized spacial score (nSPS) is 12.4. The molecule has 0 bridgehead atoms. The third kappa shape index (κ3) is 4.63. The summed E-state index contributed by atoms with van der Waals surface area (Å²) in [6, 6.07) is 20.0. The van der Waals surface area contributed by atoms with Gasteiger partial charge in [0.1, 0.15) is 0 Å². The van der Waals surface area contributed by atoms with Gasteiger partial charge >= 0.3 is 0 Å². The van der Waals surface area contributed by atoms with E-state index in [4.69, 9.17) is 0 Å². The highest BCUT2D eigenvalue weighted by atomic mass is 14.9. The van der Waals surface area contributed by atoms with E-state index in [1.165, 1.54) is 36.1 Å². The van der Waals surface area contributed by atoms with E-state index in [9.17, 15) is 0 Å². The number of hydrogen-bond donors (Lipinski definition) is 1. The molecule has 1 N–H and O–H groups in total. The van der Waals surface area contributed by atoms with Gasteiger partial charge in [-0.05, 0) is 42.0 Å². The van der Waals surface area contributed by atoms with Crippen molar-refractivity contribution < 1.29 is 0 Å². The van der Waals surface area contributed by atoms with Crippen molar-refractivity contribution in [2.45, 2.75) is 46.1 Å². The first-order valence-corrected chi connectivity index (χ1v) is 8.11. The summed E-state index contributed by atoms with van der Waals surface area (Å²) in [4.78, 5) is 0. The summed E-state index contributed by atoms with van der Waals surface area (Å²) in [5.41, 5.74) is 3.99. The smallest absolute Gasteiger partial charge is 0.0536 e. The highest BCUT2D eigenvalue weighted by Crippen LogP contribution is 2.26. The van der Waals surface area contributed by atoms with Crippen LogP contribution in [0.1, 0.15) is 50.8 Å². The van der Waals surface area contributed by atoms with Gasteiger partial charge in [0.25, 0.3) is 0 Å². The zero-order valence-electron chi connectivity index (χ0n) is 13.5. The summed E-state index contributed by atoms with van der Waals surface area (Å²) in [7, 11) is 0. The molecule has 0 saturated carbocycles. The molecule has 2 aromatic carbocycles. The van der Waals surface area contributed by atoms with Crippen molar-refractivity contribution in [3.8, 4) is 0 Å². The van der Waals surface area contributed by atoms with Gasteiger partial charge in [-0.3, -0.25) is 0 Å². The van der Waals surface area contributed by atoms with Crippen molar-refractivity contribution in [2.75, 3.05) is 5.32 Å². The first kappa shape index (κ1) is 15.6. The molecule has 0 aliphatic rings. The molecule has 0 fully saturated rings. The van der Waals surface area contributed by atoms with Crippen LogP contribution in [0.5, 0.6) is 0 Å². The first-order chi connectivity index (χ1) is 10.2. The molecule has 2 aromatic rings. The molecule has 1 unspecified atom stereocenters. The zero-order chi connectivity index (χ0) is 15.1. The van der Waals surface area contributed by atoms with E-state index in [-0.39, 0.29) is 0 Å². The van der Waals surface area contributed by atoms with Gasteiger partial charge in [-0.25, -0.2) is 0 Å². The SMILES string of the molecule is CCCCc1ccc(NC(c2ccccc2)C(C)C)cc1. The lowest BCUT2D eigenvalue weighted by Gasteiger charge is -2.24. The fraction of sp³-hybridized carbons (Fsp3) is 0.400. The molecule has 0 aliphatic heterocycles. The third-order valence-electron chi connectivity index (χ3n) is 3.92. The van der Waals surface area contributed by atoms with Crippen LogP contribution in [0.15, 0.2) is 54.6 Å². The molecule has 1 nitrogen and oxygen atoms in total. The zero-order valence-corrected chi connectivity index (χ0v) is 13.5. The molecule has 0 spiro atoms. The Hall–Kier alpha value is -1.76. The molecule has 0 aliphatic carbocycles. The summed E-state index contributed by atoms with van der Waals surface area (Å²) >= 11 is 0. The Morgan fingerprint density at radius 3 is 2.14 bits per heavy atom. The maximum Gasteiger partial charge on any atom is 0.0536 e. The van der Waals surface area contributed by atoms with Crippen molar-refractivity contribution in [1.29, 1.82) is 0 Å². The maximum atomic E-state index is 3.68. The fourth-order valence-electron chi connectivity index (χ4n) is 2.62. The summed E-state index contributed by atoms with van der Waals surface area (Å²) in [5.74, 6) is 0.548. The lowest BCUT2D eigenvalue weighted by atomic mass is 9.95. The van der Waals surface area contributed by atoms with Gasteiger partial charge in [0.05, 0.1) is 6.04 Å². The van der Waals surface area contributed by atoms with Crippen molar-refractivity contribution in [3.05, 3.63) is 65.7 Å². The molecule has 2 rings (SSSR count). The second kappa shape index (κ2) is 7.87. The predicted molar refractivity (Wildman–Crippen MR) is 92.7 cm³/mol. The van der Waals surface area contributed by atoms with Crippen molar-refractivity contribution >= 4 is 5.69 Å². The monoisotopic (exact) mass is 281 g/mol. The topological polar surface area (TPSA) is 12.0 Å². The average molecular weight is 281 g/mol. The van der Waals surface area contributed by atoms with Crippen LogP contribution < -0.4 is 5.32 Å². The predicted octanol–water partition coefficient (Wildman–Crippen LogP) is 5.84. The summed E-state index contributed by atoms with van der Waals surface area (Å²) in [6.45, 7) is 6.77. The molecule has 0 aromatic heterocycles. The Morgan fingerprint density at radius 1 is 0.905 bits per heavy atom. The van der Waals surface area contributed by atoms with Gasteiger partial charge in [0.2, 0.25) is 0 Å². The summed E-state index contributed by atoms with van der Waals surface area (Å²) in [5, 5.41) is 3.68.